The molecule has 0 saturated carbocycles. The maximum Gasteiger partial charge on any atom is 0.222 e. The highest BCUT2D eigenvalue weighted by atomic mass is 16.5. The van der Waals surface area contributed by atoms with E-state index in [4.69, 9.17) is 4.74 Å². The molecule has 0 bridgehead atoms. The summed E-state index contributed by atoms with van der Waals surface area (Å²) in [4.78, 5) is 20.8. The molecular weight excluding hydrogens is 306 g/mol. The van der Waals surface area contributed by atoms with Crippen molar-refractivity contribution in [1.29, 1.82) is 0 Å². The van der Waals surface area contributed by atoms with E-state index >= 15 is 0 Å². The fourth-order valence-electron chi connectivity index (χ4n) is 3.63. The van der Waals surface area contributed by atoms with E-state index in [1.165, 1.54) is 0 Å². The van der Waals surface area contributed by atoms with Gasteiger partial charge in [0, 0.05) is 64.1 Å². The third kappa shape index (κ3) is 4.53. The number of ether oxygens (including phenoxy) is 1. The Morgan fingerprint density at radius 2 is 1.92 bits per heavy atom. The highest BCUT2D eigenvalue weighted by Gasteiger charge is 2.35. The zero-order valence-corrected chi connectivity index (χ0v) is 14.1. The average Bonchev–Trinajstić information content (AvgIpc) is 3.04. The standard InChI is InChI=1S/C18H27N3O3/c22-14-17-13-21(12-16(17)11-20-7-9-24-10-8-20)18(23)2-1-15-3-5-19-6-4-15/h3-6,16-17,22H,1-2,7-14H2/t16-,17-/m0/s1. The van der Waals surface area contributed by atoms with E-state index < -0.39 is 0 Å². The number of amides is 1. The van der Waals surface area contributed by atoms with Gasteiger partial charge in [-0.15, -0.1) is 0 Å². The second kappa shape index (κ2) is 8.55. The van der Waals surface area contributed by atoms with Crippen LogP contribution in [-0.4, -0.2) is 78.3 Å². The number of pyridine rings is 1. The minimum absolute atomic E-state index is 0.156. The van der Waals surface area contributed by atoms with E-state index in [-0.39, 0.29) is 18.4 Å². The van der Waals surface area contributed by atoms with Crippen molar-refractivity contribution in [2.75, 3.05) is 52.5 Å². The van der Waals surface area contributed by atoms with E-state index in [0.29, 0.717) is 18.9 Å². The molecule has 2 atom stereocenters. The molecule has 3 heterocycles. The van der Waals surface area contributed by atoms with E-state index in [1.807, 2.05) is 17.0 Å². The molecule has 0 spiro atoms. The molecule has 0 aliphatic carbocycles. The fraction of sp³-hybridized carbons (Fsp3) is 0.667. The number of morpholine rings is 1. The van der Waals surface area contributed by atoms with Crippen LogP contribution in [0.5, 0.6) is 0 Å². The number of hydrogen-bond acceptors (Lipinski definition) is 5. The lowest BCUT2D eigenvalue weighted by molar-refractivity contribution is -0.130. The van der Waals surface area contributed by atoms with Crippen molar-refractivity contribution >= 4 is 5.91 Å². The first kappa shape index (κ1) is 17.3. The summed E-state index contributed by atoms with van der Waals surface area (Å²) in [5, 5.41) is 9.69. The average molecular weight is 333 g/mol. The summed E-state index contributed by atoms with van der Waals surface area (Å²) >= 11 is 0. The predicted molar refractivity (Wildman–Crippen MR) is 90.5 cm³/mol. The molecule has 6 heteroatoms. The van der Waals surface area contributed by atoms with Crippen LogP contribution in [0.15, 0.2) is 24.5 Å². The minimum atomic E-state index is 0.156. The van der Waals surface area contributed by atoms with Crippen LogP contribution in [0.4, 0.5) is 0 Å². The Morgan fingerprint density at radius 3 is 2.62 bits per heavy atom. The molecule has 2 aliphatic heterocycles. The molecule has 1 aromatic heterocycles. The SMILES string of the molecule is O=C(CCc1ccncc1)N1C[C@@H](CO)[C@@H](CN2CCOCC2)C1. The molecule has 0 aromatic carbocycles. The van der Waals surface area contributed by atoms with Gasteiger partial charge in [-0.2, -0.15) is 0 Å². The first-order valence-corrected chi connectivity index (χ1v) is 8.84. The van der Waals surface area contributed by atoms with Crippen LogP contribution >= 0.6 is 0 Å². The van der Waals surface area contributed by atoms with E-state index in [1.54, 1.807) is 12.4 Å². The molecular formula is C18H27N3O3. The minimum Gasteiger partial charge on any atom is -0.396 e. The lowest BCUT2D eigenvalue weighted by Crippen LogP contribution is -2.41. The molecule has 2 fully saturated rings. The molecule has 6 nitrogen and oxygen atoms in total. The van der Waals surface area contributed by atoms with Gasteiger partial charge in [0.1, 0.15) is 0 Å². The summed E-state index contributed by atoms with van der Waals surface area (Å²) in [6, 6.07) is 3.91. The van der Waals surface area contributed by atoms with Crippen molar-refractivity contribution in [3.8, 4) is 0 Å². The molecule has 0 radical (unpaired) electrons. The van der Waals surface area contributed by atoms with Crippen LogP contribution < -0.4 is 0 Å². The molecule has 1 amide bonds. The highest BCUT2D eigenvalue weighted by Crippen LogP contribution is 2.25. The topological polar surface area (TPSA) is 65.9 Å². The van der Waals surface area contributed by atoms with E-state index in [9.17, 15) is 9.90 Å². The Bertz CT molecular complexity index is 520. The summed E-state index contributed by atoms with van der Waals surface area (Å²) < 4.78 is 5.39. The van der Waals surface area contributed by atoms with Crippen molar-refractivity contribution in [3.05, 3.63) is 30.1 Å². The van der Waals surface area contributed by atoms with Crippen molar-refractivity contribution in [2.24, 2.45) is 11.8 Å². The number of aliphatic hydroxyl groups is 1. The zero-order chi connectivity index (χ0) is 16.8. The van der Waals surface area contributed by atoms with Crippen LogP contribution in [0.3, 0.4) is 0 Å². The first-order chi connectivity index (χ1) is 11.8. The van der Waals surface area contributed by atoms with Gasteiger partial charge in [-0.3, -0.25) is 14.7 Å². The molecule has 2 aliphatic rings. The van der Waals surface area contributed by atoms with Crippen molar-refractivity contribution in [1.82, 2.24) is 14.8 Å². The summed E-state index contributed by atoms with van der Waals surface area (Å²) in [6.45, 7) is 6.01. The van der Waals surface area contributed by atoms with Crippen molar-refractivity contribution in [3.63, 3.8) is 0 Å². The Balaban J connectivity index is 1.50. The summed E-state index contributed by atoms with van der Waals surface area (Å²) in [6.07, 6.45) is 4.79. The number of nitrogens with zero attached hydrogens (tertiary/aromatic N) is 3. The molecule has 3 rings (SSSR count). The Kier molecular flexibility index (Phi) is 6.18. The van der Waals surface area contributed by atoms with Gasteiger partial charge in [0.2, 0.25) is 5.91 Å². The normalized spacial score (nSPS) is 25.1. The lowest BCUT2D eigenvalue weighted by Gasteiger charge is -2.30. The maximum absolute atomic E-state index is 12.5. The summed E-state index contributed by atoms with van der Waals surface area (Å²) in [7, 11) is 0. The molecule has 2 saturated heterocycles. The van der Waals surface area contributed by atoms with Gasteiger partial charge in [-0.25, -0.2) is 0 Å². The zero-order valence-electron chi connectivity index (χ0n) is 14.1. The van der Waals surface area contributed by atoms with Gasteiger partial charge in [0.05, 0.1) is 13.2 Å². The third-order valence-corrected chi connectivity index (χ3v) is 5.14. The second-order valence-electron chi connectivity index (χ2n) is 6.77. The Morgan fingerprint density at radius 1 is 1.21 bits per heavy atom. The van der Waals surface area contributed by atoms with Gasteiger partial charge < -0.3 is 14.7 Å². The molecule has 24 heavy (non-hydrogen) atoms. The monoisotopic (exact) mass is 333 g/mol. The summed E-state index contributed by atoms with van der Waals surface area (Å²) in [5.41, 5.74) is 1.14. The maximum atomic E-state index is 12.5. The quantitative estimate of drug-likeness (QED) is 0.817. The largest absolute Gasteiger partial charge is 0.396 e. The van der Waals surface area contributed by atoms with Crippen LogP contribution in [0.2, 0.25) is 0 Å². The van der Waals surface area contributed by atoms with Crippen LogP contribution in [0.25, 0.3) is 0 Å². The number of carbonyl (C=O) groups is 1. The number of carbonyl (C=O) groups excluding carboxylic acids is 1. The van der Waals surface area contributed by atoms with Gasteiger partial charge >= 0.3 is 0 Å². The molecule has 132 valence electrons. The lowest BCUT2D eigenvalue weighted by atomic mass is 9.96. The van der Waals surface area contributed by atoms with Crippen molar-refractivity contribution < 1.29 is 14.6 Å². The smallest absolute Gasteiger partial charge is 0.222 e. The van der Waals surface area contributed by atoms with Gasteiger partial charge in [0.25, 0.3) is 0 Å². The number of likely N-dealkylation sites (tertiary alicyclic amines) is 1. The number of aryl methyl sites for hydroxylation is 1. The highest BCUT2D eigenvalue weighted by molar-refractivity contribution is 5.76. The van der Waals surface area contributed by atoms with Gasteiger partial charge in [-0.05, 0) is 30.0 Å². The van der Waals surface area contributed by atoms with E-state index in [2.05, 4.69) is 9.88 Å². The second-order valence-corrected chi connectivity index (χ2v) is 6.77. The van der Waals surface area contributed by atoms with Crippen LogP contribution in [0.1, 0.15) is 12.0 Å². The number of aromatic nitrogens is 1. The number of hydrogen-bond donors (Lipinski definition) is 1. The molecule has 0 unspecified atom stereocenters. The molecule has 1 N–H and O–H groups in total. The molecule has 1 aromatic rings. The Hall–Kier alpha value is -1.50. The Labute approximate surface area is 143 Å². The van der Waals surface area contributed by atoms with Crippen LogP contribution in [-0.2, 0) is 16.0 Å². The fourth-order valence-corrected chi connectivity index (χ4v) is 3.63. The predicted octanol–water partition coefficient (Wildman–Crippen LogP) is 0.413. The number of aliphatic hydroxyl groups excluding tert-OH is 1. The summed E-state index contributed by atoms with van der Waals surface area (Å²) in [5.74, 6) is 0.741. The van der Waals surface area contributed by atoms with E-state index in [0.717, 1.165) is 51.4 Å². The van der Waals surface area contributed by atoms with Gasteiger partial charge in [-0.1, -0.05) is 0 Å². The third-order valence-electron chi connectivity index (χ3n) is 5.14. The van der Waals surface area contributed by atoms with Crippen molar-refractivity contribution in [2.45, 2.75) is 12.8 Å². The first-order valence-electron chi connectivity index (χ1n) is 8.84. The van der Waals surface area contributed by atoms with Crippen LogP contribution in [0, 0.1) is 11.8 Å². The number of rotatable bonds is 6. The van der Waals surface area contributed by atoms with Gasteiger partial charge in [0.15, 0.2) is 0 Å².